The van der Waals surface area contributed by atoms with Crippen molar-refractivity contribution in [3.05, 3.63) is 24.0 Å². The topological polar surface area (TPSA) is 115 Å². The van der Waals surface area contributed by atoms with Crippen molar-refractivity contribution in [2.75, 3.05) is 26.4 Å². The van der Waals surface area contributed by atoms with Gasteiger partial charge in [0.05, 0.1) is 31.0 Å². The monoisotopic (exact) mass is 388 g/mol. The lowest BCUT2D eigenvalue weighted by Crippen LogP contribution is -2.57. The van der Waals surface area contributed by atoms with Gasteiger partial charge in [0.25, 0.3) is 0 Å². The van der Waals surface area contributed by atoms with E-state index in [1.54, 1.807) is 6.20 Å². The Morgan fingerprint density at radius 1 is 1.32 bits per heavy atom. The first-order chi connectivity index (χ1) is 13.6. The number of amides is 2. The molecule has 9 nitrogen and oxygen atoms in total. The van der Waals surface area contributed by atoms with Gasteiger partial charge in [-0.1, -0.05) is 0 Å². The summed E-state index contributed by atoms with van der Waals surface area (Å²) in [4.78, 5) is 16.7. The fourth-order valence-electron chi connectivity index (χ4n) is 3.85. The molecule has 4 rings (SSSR count). The predicted octanol–water partition coefficient (Wildman–Crippen LogP) is 0.676. The number of urea groups is 1. The molecule has 0 radical (unpaired) electrons. The van der Waals surface area contributed by atoms with Crippen LogP contribution in [0.2, 0.25) is 0 Å². The van der Waals surface area contributed by atoms with E-state index in [9.17, 15) is 10.1 Å². The Kier molecular flexibility index (Phi) is 5.35. The molecule has 0 spiro atoms. The number of nitrogens with zero attached hydrogens (tertiary/aromatic N) is 2. The molecular formula is C19H24N4O5. The van der Waals surface area contributed by atoms with Gasteiger partial charge in [-0.2, -0.15) is 5.26 Å². The third-order valence-corrected chi connectivity index (χ3v) is 5.47. The summed E-state index contributed by atoms with van der Waals surface area (Å²) in [5.41, 5.74) is -0.0856. The zero-order chi connectivity index (χ0) is 19.6. The largest absolute Gasteiger partial charge is 0.483 e. The highest BCUT2D eigenvalue weighted by molar-refractivity contribution is 5.76. The zero-order valence-corrected chi connectivity index (χ0v) is 15.7. The van der Waals surface area contributed by atoms with Gasteiger partial charge in [-0.25, -0.2) is 4.79 Å². The second-order valence-corrected chi connectivity index (χ2v) is 7.35. The fraction of sp³-hybridized carbons (Fsp3) is 0.632. The van der Waals surface area contributed by atoms with Crippen molar-refractivity contribution in [1.82, 2.24) is 15.6 Å². The Hall–Kier alpha value is -2.41. The van der Waals surface area contributed by atoms with Crippen LogP contribution in [-0.4, -0.2) is 67.3 Å². The van der Waals surface area contributed by atoms with Crippen molar-refractivity contribution < 1.29 is 23.7 Å². The molecule has 0 aromatic carbocycles. The Labute approximate surface area is 163 Å². The molecule has 150 valence electrons. The van der Waals surface area contributed by atoms with E-state index in [1.807, 2.05) is 19.1 Å². The summed E-state index contributed by atoms with van der Waals surface area (Å²) in [6, 6.07) is 5.21. The maximum absolute atomic E-state index is 12.5. The second-order valence-electron chi connectivity index (χ2n) is 7.35. The quantitative estimate of drug-likeness (QED) is 0.779. The SMILES string of the molecule is Cc1ncccc1O[C@H]1CO[C@H]2[C@@H]1OC[C@@H]2NC(=O)NC1(C#N)CCOCC1. The summed E-state index contributed by atoms with van der Waals surface area (Å²) in [5.74, 6) is 0.699. The van der Waals surface area contributed by atoms with Gasteiger partial charge >= 0.3 is 6.03 Å². The van der Waals surface area contributed by atoms with Gasteiger partial charge in [-0.15, -0.1) is 0 Å². The van der Waals surface area contributed by atoms with Crippen molar-refractivity contribution in [2.45, 2.75) is 49.7 Å². The lowest BCUT2D eigenvalue weighted by atomic mass is 9.92. The first-order valence-corrected chi connectivity index (χ1v) is 9.49. The summed E-state index contributed by atoms with van der Waals surface area (Å²) in [6.45, 7) is 3.51. The molecule has 0 bridgehead atoms. The number of aryl methyl sites for hydroxylation is 1. The van der Waals surface area contributed by atoms with Crippen LogP contribution in [0.5, 0.6) is 5.75 Å². The number of rotatable bonds is 4. The molecule has 3 aliphatic rings. The van der Waals surface area contributed by atoms with Crippen LogP contribution in [0.4, 0.5) is 4.79 Å². The van der Waals surface area contributed by atoms with Gasteiger partial charge in [0, 0.05) is 32.3 Å². The molecule has 3 fully saturated rings. The number of hydrogen-bond donors (Lipinski definition) is 2. The number of carbonyl (C=O) groups excluding carboxylic acids is 1. The molecule has 0 unspecified atom stereocenters. The van der Waals surface area contributed by atoms with Crippen molar-refractivity contribution in [2.24, 2.45) is 0 Å². The second kappa shape index (κ2) is 7.91. The molecule has 0 saturated carbocycles. The highest BCUT2D eigenvalue weighted by atomic mass is 16.6. The minimum Gasteiger partial charge on any atom is -0.483 e. The van der Waals surface area contributed by atoms with E-state index in [-0.39, 0.29) is 24.4 Å². The number of nitriles is 1. The van der Waals surface area contributed by atoms with Gasteiger partial charge in [-0.3, -0.25) is 4.98 Å². The third kappa shape index (κ3) is 3.76. The minimum absolute atomic E-state index is 0.260. The molecule has 0 aliphatic carbocycles. The zero-order valence-electron chi connectivity index (χ0n) is 15.7. The molecular weight excluding hydrogens is 364 g/mol. The molecule has 4 heterocycles. The molecule has 4 atom stereocenters. The van der Waals surface area contributed by atoms with Crippen LogP contribution in [-0.2, 0) is 14.2 Å². The molecule has 3 saturated heterocycles. The fourth-order valence-corrected chi connectivity index (χ4v) is 3.85. The minimum atomic E-state index is -0.888. The van der Waals surface area contributed by atoms with Gasteiger partial charge in [0.2, 0.25) is 0 Å². The van der Waals surface area contributed by atoms with E-state index in [0.29, 0.717) is 45.0 Å². The average Bonchev–Trinajstić information content (AvgIpc) is 3.28. The van der Waals surface area contributed by atoms with Crippen LogP contribution in [0.15, 0.2) is 18.3 Å². The third-order valence-electron chi connectivity index (χ3n) is 5.47. The number of aromatic nitrogens is 1. The van der Waals surface area contributed by atoms with Gasteiger partial charge in [-0.05, 0) is 19.1 Å². The Bertz CT molecular complexity index is 761. The van der Waals surface area contributed by atoms with Gasteiger partial charge in [0.15, 0.2) is 6.10 Å². The van der Waals surface area contributed by atoms with E-state index in [4.69, 9.17) is 18.9 Å². The predicted molar refractivity (Wildman–Crippen MR) is 96.7 cm³/mol. The van der Waals surface area contributed by atoms with Crippen LogP contribution in [0.1, 0.15) is 18.5 Å². The summed E-state index contributed by atoms with van der Waals surface area (Å²) in [6.07, 6.45) is 1.84. The summed E-state index contributed by atoms with van der Waals surface area (Å²) < 4.78 is 23.0. The van der Waals surface area contributed by atoms with Crippen LogP contribution in [0.25, 0.3) is 0 Å². The van der Waals surface area contributed by atoms with Crippen molar-refractivity contribution in [3.8, 4) is 11.8 Å². The summed E-state index contributed by atoms with van der Waals surface area (Å²) in [7, 11) is 0. The summed E-state index contributed by atoms with van der Waals surface area (Å²) in [5, 5.41) is 15.2. The lowest BCUT2D eigenvalue weighted by molar-refractivity contribution is 0.0298. The Morgan fingerprint density at radius 2 is 2.11 bits per heavy atom. The van der Waals surface area contributed by atoms with E-state index in [2.05, 4.69) is 21.7 Å². The molecule has 9 heteroatoms. The van der Waals surface area contributed by atoms with Crippen LogP contribution in [0, 0.1) is 18.3 Å². The first-order valence-electron chi connectivity index (χ1n) is 9.49. The average molecular weight is 388 g/mol. The van der Waals surface area contributed by atoms with E-state index >= 15 is 0 Å². The van der Waals surface area contributed by atoms with Crippen LogP contribution >= 0.6 is 0 Å². The maximum Gasteiger partial charge on any atom is 0.316 e. The molecule has 2 N–H and O–H groups in total. The molecule has 1 aromatic rings. The number of nitrogens with one attached hydrogen (secondary N) is 2. The number of ether oxygens (including phenoxy) is 4. The van der Waals surface area contributed by atoms with Crippen LogP contribution < -0.4 is 15.4 Å². The lowest BCUT2D eigenvalue weighted by Gasteiger charge is -2.32. The molecule has 2 amide bonds. The number of fused-ring (bicyclic) bond motifs is 1. The van der Waals surface area contributed by atoms with Crippen LogP contribution in [0.3, 0.4) is 0 Å². The van der Waals surface area contributed by atoms with Crippen molar-refractivity contribution in [3.63, 3.8) is 0 Å². The van der Waals surface area contributed by atoms with Gasteiger partial charge < -0.3 is 29.6 Å². The van der Waals surface area contributed by atoms with E-state index < -0.39 is 11.6 Å². The number of carbonyl (C=O) groups is 1. The molecule has 3 aliphatic heterocycles. The highest BCUT2D eigenvalue weighted by Gasteiger charge is 2.50. The number of hydrogen-bond acceptors (Lipinski definition) is 7. The van der Waals surface area contributed by atoms with E-state index in [1.165, 1.54) is 0 Å². The smallest absolute Gasteiger partial charge is 0.316 e. The van der Waals surface area contributed by atoms with E-state index in [0.717, 1.165) is 5.69 Å². The summed E-state index contributed by atoms with van der Waals surface area (Å²) >= 11 is 0. The maximum atomic E-state index is 12.5. The van der Waals surface area contributed by atoms with Gasteiger partial charge in [0.1, 0.15) is 23.5 Å². The first kappa shape index (κ1) is 18.9. The standard InChI is InChI=1S/C19H24N4O5/c1-12-14(3-2-6-21-12)28-15-10-27-16-13(9-26-17(15)16)22-18(24)23-19(11-20)4-7-25-8-5-19/h2-3,6,13,15-17H,4-5,7-10H2,1H3,(H2,22,23,24)/t13-,15-,16+,17+/m0/s1. The Balaban J connectivity index is 1.34. The normalized spacial score (nSPS) is 30.9. The molecule has 1 aromatic heterocycles. The Morgan fingerprint density at radius 3 is 2.86 bits per heavy atom. The highest BCUT2D eigenvalue weighted by Crippen LogP contribution is 2.30. The number of pyridine rings is 1. The molecule has 28 heavy (non-hydrogen) atoms. The van der Waals surface area contributed by atoms with Crippen molar-refractivity contribution in [1.29, 1.82) is 5.26 Å². The van der Waals surface area contributed by atoms with Crippen molar-refractivity contribution >= 4 is 6.03 Å².